The summed E-state index contributed by atoms with van der Waals surface area (Å²) in [4.78, 5) is 12.2. The summed E-state index contributed by atoms with van der Waals surface area (Å²) in [5, 5.41) is 5.91. The number of carbonyl (C=O) groups excluding carboxylic acids is 1. The van der Waals surface area contributed by atoms with Gasteiger partial charge in [-0.3, -0.25) is 9.48 Å². The Balaban J connectivity index is 1.99. The lowest BCUT2D eigenvalue weighted by Crippen LogP contribution is -2.25. The molecule has 1 unspecified atom stereocenters. The number of aromatic nitrogens is 2. The summed E-state index contributed by atoms with van der Waals surface area (Å²) in [5.41, 5.74) is -0.585. The highest BCUT2D eigenvalue weighted by molar-refractivity contribution is 5.92. The number of ether oxygens (including phenoxy) is 1. The van der Waals surface area contributed by atoms with Crippen LogP contribution in [0.2, 0.25) is 0 Å². The van der Waals surface area contributed by atoms with Crippen molar-refractivity contribution in [3.8, 4) is 5.75 Å². The first-order chi connectivity index (χ1) is 12.3. The maximum atomic E-state index is 12.7. The minimum absolute atomic E-state index is 0.0942. The molecule has 0 saturated heterocycles. The number of nitrogens with zero attached hydrogens (tertiary/aromatic N) is 2. The van der Waals surface area contributed by atoms with Crippen molar-refractivity contribution in [3.05, 3.63) is 41.7 Å². The van der Waals surface area contributed by atoms with Crippen LogP contribution in [-0.2, 0) is 17.5 Å². The van der Waals surface area contributed by atoms with Gasteiger partial charge >= 0.3 is 12.5 Å². The molecule has 0 bridgehead atoms. The number of anilines is 1. The van der Waals surface area contributed by atoms with Crippen LogP contribution in [0.3, 0.4) is 0 Å². The highest BCUT2D eigenvalue weighted by Crippen LogP contribution is 2.29. The van der Waals surface area contributed by atoms with Crippen molar-refractivity contribution in [1.29, 1.82) is 0 Å². The number of amides is 1. The molecule has 0 spiro atoms. The maximum Gasteiger partial charge on any atom is 0.573 e. The average molecular weight is 395 g/mol. The predicted octanol–water partition coefficient (Wildman–Crippen LogP) is 4.38. The molecule has 2 aromatic rings. The van der Waals surface area contributed by atoms with E-state index in [1.54, 1.807) is 0 Å². The molecule has 2 rings (SSSR count). The monoisotopic (exact) mass is 395 g/mol. The number of rotatable bonds is 5. The normalized spacial score (nSPS) is 13.3. The van der Waals surface area contributed by atoms with Gasteiger partial charge in [-0.1, -0.05) is 6.92 Å². The Labute approximate surface area is 149 Å². The van der Waals surface area contributed by atoms with Gasteiger partial charge in [-0.2, -0.15) is 18.3 Å². The molecule has 1 heterocycles. The highest BCUT2D eigenvalue weighted by atomic mass is 19.4. The summed E-state index contributed by atoms with van der Waals surface area (Å²) in [6, 6.07) is 5.37. The zero-order valence-corrected chi connectivity index (χ0v) is 14.1. The lowest BCUT2D eigenvalue weighted by atomic mass is 10.1. The number of carbonyl (C=O) groups is 1. The molecular formula is C16H15F6N3O2. The van der Waals surface area contributed by atoms with Gasteiger partial charge in [0.1, 0.15) is 5.75 Å². The van der Waals surface area contributed by atoms with Crippen LogP contribution in [0.4, 0.5) is 32.0 Å². The fraction of sp³-hybridized carbons (Fsp3) is 0.375. The summed E-state index contributed by atoms with van der Waals surface area (Å²) in [6.45, 7) is 2.83. The Kier molecular flexibility index (Phi) is 5.71. The third-order valence-corrected chi connectivity index (χ3v) is 3.52. The van der Waals surface area contributed by atoms with E-state index in [-0.39, 0.29) is 17.9 Å². The number of hydrogen-bond donors (Lipinski definition) is 1. The first-order valence-electron chi connectivity index (χ1n) is 7.63. The zero-order chi connectivity index (χ0) is 20.4. The van der Waals surface area contributed by atoms with Crippen LogP contribution in [0, 0.1) is 12.8 Å². The van der Waals surface area contributed by atoms with Crippen molar-refractivity contribution < 1.29 is 35.9 Å². The summed E-state index contributed by atoms with van der Waals surface area (Å²) in [5.74, 6) is -1.71. The van der Waals surface area contributed by atoms with Gasteiger partial charge in [-0.05, 0) is 37.3 Å². The Hall–Kier alpha value is -2.72. The van der Waals surface area contributed by atoms with Crippen molar-refractivity contribution in [2.24, 2.45) is 5.92 Å². The molecule has 11 heteroatoms. The topological polar surface area (TPSA) is 56.2 Å². The van der Waals surface area contributed by atoms with Gasteiger partial charge in [-0.25, -0.2) is 0 Å². The fourth-order valence-corrected chi connectivity index (χ4v) is 2.18. The number of alkyl halides is 6. The minimum Gasteiger partial charge on any atom is -0.406 e. The largest absolute Gasteiger partial charge is 0.573 e. The molecule has 1 amide bonds. The van der Waals surface area contributed by atoms with Gasteiger partial charge in [-0.15, -0.1) is 13.2 Å². The molecule has 1 N–H and O–H groups in total. The minimum atomic E-state index is -4.82. The third-order valence-electron chi connectivity index (χ3n) is 3.52. The van der Waals surface area contributed by atoms with E-state index in [9.17, 15) is 31.1 Å². The molecule has 5 nitrogen and oxygen atoms in total. The Morgan fingerprint density at radius 2 is 1.78 bits per heavy atom. The van der Waals surface area contributed by atoms with Crippen LogP contribution in [0.25, 0.3) is 0 Å². The Morgan fingerprint density at radius 3 is 2.26 bits per heavy atom. The second-order valence-corrected chi connectivity index (χ2v) is 5.81. The zero-order valence-electron chi connectivity index (χ0n) is 14.1. The maximum absolute atomic E-state index is 12.7. The third kappa shape index (κ3) is 5.90. The van der Waals surface area contributed by atoms with E-state index in [0.717, 1.165) is 22.9 Å². The Morgan fingerprint density at radius 1 is 1.19 bits per heavy atom. The molecule has 1 atom stereocenters. The van der Waals surface area contributed by atoms with E-state index in [0.29, 0.717) is 0 Å². The van der Waals surface area contributed by atoms with E-state index in [4.69, 9.17) is 0 Å². The summed E-state index contributed by atoms with van der Waals surface area (Å²) in [6.07, 6.45) is -9.40. The Bertz CT molecular complexity index is 796. The van der Waals surface area contributed by atoms with Crippen LogP contribution in [0.1, 0.15) is 18.3 Å². The molecule has 0 radical (unpaired) electrons. The summed E-state index contributed by atoms with van der Waals surface area (Å²) >= 11 is 0. The van der Waals surface area contributed by atoms with Crippen molar-refractivity contribution in [2.45, 2.75) is 32.9 Å². The molecule has 1 aromatic heterocycles. The molecule has 27 heavy (non-hydrogen) atoms. The molecule has 1 aromatic carbocycles. The molecule has 148 valence electrons. The molecule has 0 aliphatic carbocycles. The first kappa shape index (κ1) is 20.6. The van der Waals surface area contributed by atoms with Crippen molar-refractivity contribution in [2.75, 3.05) is 5.32 Å². The first-order valence-corrected chi connectivity index (χ1v) is 7.63. The van der Waals surface area contributed by atoms with Crippen molar-refractivity contribution >= 4 is 11.6 Å². The number of hydrogen-bond acceptors (Lipinski definition) is 3. The molecular weight excluding hydrogens is 380 g/mol. The number of benzene rings is 1. The standard InChI is InChI=1S/C16H15F6N3O2/c1-9(8-25-10(2)7-13(24-25)15(17,18)19)14(26)23-11-3-5-12(6-4-11)27-16(20,21)22/h3-7,9H,8H2,1-2H3,(H,23,26). The fourth-order valence-electron chi connectivity index (χ4n) is 2.18. The summed E-state index contributed by atoms with van der Waals surface area (Å²) < 4.78 is 79.1. The van der Waals surface area contributed by atoms with Crippen LogP contribution in [0.5, 0.6) is 5.75 Å². The van der Waals surface area contributed by atoms with Crippen LogP contribution in [-0.4, -0.2) is 22.1 Å². The number of halogens is 6. The number of aryl methyl sites for hydroxylation is 1. The van der Waals surface area contributed by atoms with Gasteiger partial charge in [0, 0.05) is 11.4 Å². The number of nitrogens with one attached hydrogen (secondary N) is 1. The van der Waals surface area contributed by atoms with E-state index in [1.807, 2.05) is 0 Å². The molecule has 0 aliphatic rings. The molecule has 0 saturated carbocycles. The van der Waals surface area contributed by atoms with E-state index >= 15 is 0 Å². The van der Waals surface area contributed by atoms with Crippen LogP contribution in [0.15, 0.2) is 30.3 Å². The van der Waals surface area contributed by atoms with Gasteiger partial charge in [0.25, 0.3) is 0 Å². The van der Waals surface area contributed by atoms with Crippen molar-refractivity contribution in [1.82, 2.24) is 9.78 Å². The van der Waals surface area contributed by atoms with Gasteiger partial charge in [0.15, 0.2) is 5.69 Å². The quantitative estimate of drug-likeness (QED) is 0.765. The van der Waals surface area contributed by atoms with E-state index in [2.05, 4.69) is 15.2 Å². The van der Waals surface area contributed by atoms with Gasteiger partial charge < -0.3 is 10.1 Å². The van der Waals surface area contributed by atoms with Crippen LogP contribution >= 0.6 is 0 Å². The van der Waals surface area contributed by atoms with Gasteiger partial charge in [0.2, 0.25) is 5.91 Å². The van der Waals surface area contributed by atoms with Gasteiger partial charge in [0.05, 0.1) is 12.5 Å². The predicted molar refractivity (Wildman–Crippen MR) is 82.9 cm³/mol. The van der Waals surface area contributed by atoms with E-state index in [1.165, 1.54) is 26.0 Å². The SMILES string of the molecule is Cc1cc(C(F)(F)F)nn1CC(C)C(=O)Nc1ccc(OC(F)(F)F)cc1. The van der Waals surface area contributed by atoms with Crippen molar-refractivity contribution in [3.63, 3.8) is 0 Å². The average Bonchev–Trinajstić information content (AvgIpc) is 2.89. The van der Waals surface area contributed by atoms with E-state index < -0.39 is 35.8 Å². The lowest BCUT2D eigenvalue weighted by molar-refractivity contribution is -0.274. The summed E-state index contributed by atoms with van der Waals surface area (Å²) in [7, 11) is 0. The second-order valence-electron chi connectivity index (χ2n) is 5.81. The second kappa shape index (κ2) is 7.49. The van der Waals surface area contributed by atoms with Crippen LogP contribution < -0.4 is 10.1 Å². The highest BCUT2D eigenvalue weighted by Gasteiger charge is 2.34. The molecule has 0 fully saturated rings. The molecule has 0 aliphatic heterocycles. The smallest absolute Gasteiger partial charge is 0.406 e. The lowest BCUT2D eigenvalue weighted by Gasteiger charge is -2.14.